The molecule has 0 heterocycles. The summed E-state index contributed by atoms with van der Waals surface area (Å²) in [5, 5.41) is 9.65. The number of hydrogen-bond donors (Lipinski definition) is 1. The first-order valence-corrected chi connectivity index (χ1v) is 5.77. The van der Waals surface area contributed by atoms with E-state index in [0.717, 1.165) is 25.0 Å². The van der Waals surface area contributed by atoms with Gasteiger partial charge in [-0.15, -0.1) is 0 Å². The van der Waals surface area contributed by atoms with Crippen LogP contribution < -0.4 is 0 Å². The number of aliphatic hydroxyl groups excluding tert-OH is 1. The van der Waals surface area contributed by atoms with Gasteiger partial charge in [0.25, 0.3) is 0 Å². The maximum atomic E-state index is 12.4. The summed E-state index contributed by atoms with van der Waals surface area (Å²) in [5.41, 5.74) is -0.124. The fourth-order valence-corrected chi connectivity index (χ4v) is 1.69. The lowest BCUT2D eigenvalue weighted by atomic mass is 10.0. The standard InChI is InChI=1S/C13H17F3O/c1-2-3-7-12(17)9-10-5-4-6-11(8-10)13(14,15)16/h4-6,8,12,17H,2-3,7,9H2,1H3. The van der Waals surface area contributed by atoms with Crippen LogP contribution in [0.4, 0.5) is 13.2 Å². The zero-order chi connectivity index (χ0) is 12.9. The van der Waals surface area contributed by atoms with Crippen LogP contribution in [0.5, 0.6) is 0 Å². The molecule has 0 aliphatic heterocycles. The Hall–Kier alpha value is -1.03. The average Bonchev–Trinajstić information content (AvgIpc) is 2.25. The molecule has 1 rings (SSSR count). The second-order valence-electron chi connectivity index (χ2n) is 4.20. The summed E-state index contributed by atoms with van der Waals surface area (Å²) in [6.45, 7) is 2.01. The van der Waals surface area contributed by atoms with Gasteiger partial charge in [-0.2, -0.15) is 13.2 Å². The lowest BCUT2D eigenvalue weighted by molar-refractivity contribution is -0.137. The lowest BCUT2D eigenvalue weighted by Crippen LogP contribution is -2.11. The van der Waals surface area contributed by atoms with Gasteiger partial charge in [0.2, 0.25) is 0 Å². The van der Waals surface area contributed by atoms with E-state index >= 15 is 0 Å². The molecule has 96 valence electrons. The first kappa shape index (κ1) is 14.0. The Bertz CT molecular complexity index is 347. The van der Waals surface area contributed by atoms with Crippen LogP contribution >= 0.6 is 0 Å². The molecule has 4 heteroatoms. The van der Waals surface area contributed by atoms with Crippen molar-refractivity contribution in [2.75, 3.05) is 0 Å². The van der Waals surface area contributed by atoms with E-state index in [-0.39, 0.29) is 6.42 Å². The molecule has 0 aliphatic rings. The maximum Gasteiger partial charge on any atom is 0.416 e. The quantitative estimate of drug-likeness (QED) is 0.837. The smallest absolute Gasteiger partial charge is 0.393 e. The van der Waals surface area contributed by atoms with Gasteiger partial charge in [0.05, 0.1) is 11.7 Å². The molecule has 1 atom stereocenters. The zero-order valence-electron chi connectivity index (χ0n) is 9.80. The Kier molecular flexibility index (Phi) is 5.00. The van der Waals surface area contributed by atoms with Crippen molar-refractivity contribution in [1.29, 1.82) is 0 Å². The first-order chi connectivity index (χ1) is 7.93. The van der Waals surface area contributed by atoms with Gasteiger partial charge < -0.3 is 5.11 Å². The van der Waals surface area contributed by atoms with E-state index in [0.29, 0.717) is 12.0 Å². The monoisotopic (exact) mass is 246 g/mol. The van der Waals surface area contributed by atoms with Crippen molar-refractivity contribution < 1.29 is 18.3 Å². The van der Waals surface area contributed by atoms with Gasteiger partial charge in [-0.3, -0.25) is 0 Å². The minimum absolute atomic E-state index is 0.282. The van der Waals surface area contributed by atoms with E-state index in [1.165, 1.54) is 6.07 Å². The van der Waals surface area contributed by atoms with Crippen LogP contribution in [-0.4, -0.2) is 11.2 Å². The Balaban J connectivity index is 2.66. The molecule has 0 radical (unpaired) electrons. The Morgan fingerprint density at radius 1 is 1.29 bits per heavy atom. The van der Waals surface area contributed by atoms with Crippen molar-refractivity contribution in [3.8, 4) is 0 Å². The van der Waals surface area contributed by atoms with Crippen LogP contribution in [0.15, 0.2) is 24.3 Å². The summed E-state index contributed by atoms with van der Waals surface area (Å²) in [5.74, 6) is 0. The van der Waals surface area contributed by atoms with E-state index in [4.69, 9.17) is 0 Å². The van der Waals surface area contributed by atoms with Crippen LogP contribution in [0, 0.1) is 0 Å². The number of halogens is 3. The zero-order valence-corrected chi connectivity index (χ0v) is 9.80. The third-order valence-electron chi connectivity index (χ3n) is 2.62. The van der Waals surface area contributed by atoms with Crippen LogP contribution in [0.25, 0.3) is 0 Å². The Labute approximate surface area is 99.3 Å². The molecule has 1 N–H and O–H groups in total. The van der Waals surface area contributed by atoms with Crippen molar-refractivity contribution in [3.05, 3.63) is 35.4 Å². The Morgan fingerprint density at radius 2 is 2.00 bits per heavy atom. The molecule has 0 aromatic heterocycles. The van der Waals surface area contributed by atoms with Crippen molar-refractivity contribution in [3.63, 3.8) is 0 Å². The largest absolute Gasteiger partial charge is 0.416 e. The molecule has 0 fully saturated rings. The van der Waals surface area contributed by atoms with Crippen molar-refractivity contribution in [1.82, 2.24) is 0 Å². The third kappa shape index (κ3) is 4.77. The molecule has 0 saturated heterocycles. The molecule has 1 nitrogen and oxygen atoms in total. The average molecular weight is 246 g/mol. The predicted molar refractivity (Wildman–Crippen MR) is 60.7 cm³/mol. The van der Waals surface area contributed by atoms with E-state index in [1.807, 2.05) is 6.92 Å². The number of unbranched alkanes of at least 4 members (excludes halogenated alkanes) is 1. The summed E-state index contributed by atoms with van der Waals surface area (Å²) >= 11 is 0. The highest BCUT2D eigenvalue weighted by molar-refractivity contribution is 5.26. The van der Waals surface area contributed by atoms with Gasteiger partial charge in [-0.1, -0.05) is 38.0 Å². The van der Waals surface area contributed by atoms with Crippen LogP contribution in [0.3, 0.4) is 0 Å². The highest BCUT2D eigenvalue weighted by Gasteiger charge is 2.30. The van der Waals surface area contributed by atoms with Crippen molar-refractivity contribution in [2.45, 2.75) is 44.9 Å². The molecule has 0 amide bonds. The van der Waals surface area contributed by atoms with Gasteiger partial charge in [0.15, 0.2) is 0 Å². The molecule has 0 saturated carbocycles. The normalized spacial score (nSPS) is 13.7. The molecule has 1 aromatic carbocycles. The summed E-state index contributed by atoms with van der Waals surface area (Å²) in [4.78, 5) is 0. The number of aliphatic hydroxyl groups is 1. The van der Waals surface area contributed by atoms with Crippen LogP contribution in [-0.2, 0) is 12.6 Å². The Morgan fingerprint density at radius 3 is 2.59 bits per heavy atom. The summed E-state index contributed by atoms with van der Waals surface area (Å²) < 4.78 is 37.3. The summed E-state index contributed by atoms with van der Waals surface area (Å²) in [6.07, 6.45) is -2.10. The van der Waals surface area contributed by atoms with Crippen molar-refractivity contribution >= 4 is 0 Å². The van der Waals surface area contributed by atoms with Gasteiger partial charge in [0, 0.05) is 0 Å². The number of alkyl halides is 3. The second kappa shape index (κ2) is 6.05. The summed E-state index contributed by atoms with van der Waals surface area (Å²) in [6, 6.07) is 5.15. The molecule has 0 aliphatic carbocycles. The predicted octanol–water partition coefficient (Wildman–Crippen LogP) is 3.80. The fourth-order valence-electron chi connectivity index (χ4n) is 1.69. The minimum atomic E-state index is -4.32. The second-order valence-corrected chi connectivity index (χ2v) is 4.20. The third-order valence-corrected chi connectivity index (χ3v) is 2.62. The molecule has 17 heavy (non-hydrogen) atoms. The van der Waals surface area contributed by atoms with E-state index in [9.17, 15) is 18.3 Å². The fraction of sp³-hybridized carbons (Fsp3) is 0.538. The van der Waals surface area contributed by atoms with Gasteiger partial charge >= 0.3 is 6.18 Å². The highest BCUT2D eigenvalue weighted by atomic mass is 19.4. The molecule has 1 aromatic rings. The first-order valence-electron chi connectivity index (χ1n) is 5.77. The SMILES string of the molecule is CCCCC(O)Cc1cccc(C(F)(F)F)c1. The van der Waals surface area contributed by atoms with Crippen LogP contribution in [0.1, 0.15) is 37.3 Å². The lowest BCUT2D eigenvalue weighted by Gasteiger charge is -2.12. The van der Waals surface area contributed by atoms with E-state index in [1.54, 1.807) is 6.07 Å². The van der Waals surface area contributed by atoms with E-state index < -0.39 is 17.8 Å². The van der Waals surface area contributed by atoms with Gasteiger partial charge in [0.1, 0.15) is 0 Å². The van der Waals surface area contributed by atoms with Crippen molar-refractivity contribution in [2.24, 2.45) is 0 Å². The van der Waals surface area contributed by atoms with Gasteiger partial charge in [-0.05, 0) is 24.5 Å². The van der Waals surface area contributed by atoms with Crippen LogP contribution in [0.2, 0.25) is 0 Å². The molecular weight excluding hydrogens is 229 g/mol. The number of benzene rings is 1. The molecule has 1 unspecified atom stereocenters. The van der Waals surface area contributed by atoms with Gasteiger partial charge in [-0.25, -0.2) is 0 Å². The molecule has 0 bridgehead atoms. The highest BCUT2D eigenvalue weighted by Crippen LogP contribution is 2.29. The summed E-state index contributed by atoms with van der Waals surface area (Å²) in [7, 11) is 0. The maximum absolute atomic E-state index is 12.4. The minimum Gasteiger partial charge on any atom is -0.393 e. The number of rotatable bonds is 5. The molecular formula is C13H17F3O. The van der Waals surface area contributed by atoms with E-state index in [2.05, 4.69) is 0 Å². The number of hydrogen-bond acceptors (Lipinski definition) is 1. The topological polar surface area (TPSA) is 20.2 Å². The molecule has 0 spiro atoms.